The van der Waals surface area contributed by atoms with Crippen molar-refractivity contribution in [2.24, 2.45) is 0 Å². The number of anilines is 2. The van der Waals surface area contributed by atoms with Crippen molar-refractivity contribution < 1.29 is 4.74 Å². The van der Waals surface area contributed by atoms with E-state index in [4.69, 9.17) is 22.1 Å². The van der Waals surface area contributed by atoms with E-state index in [1.807, 2.05) is 40.8 Å². The molecule has 2 rings (SSSR count). The van der Waals surface area contributed by atoms with Gasteiger partial charge in [0.05, 0.1) is 17.8 Å². The third-order valence-electron chi connectivity index (χ3n) is 3.93. The molecule has 2 aromatic rings. The van der Waals surface area contributed by atoms with E-state index < -0.39 is 0 Å². The molecule has 0 aliphatic carbocycles. The van der Waals surface area contributed by atoms with Crippen molar-refractivity contribution in [3.8, 4) is 16.9 Å². The minimum Gasteiger partial charge on any atom is -0.495 e. The van der Waals surface area contributed by atoms with Gasteiger partial charge in [-0.3, -0.25) is 0 Å². The second-order valence-electron chi connectivity index (χ2n) is 5.76. The molecule has 1 aromatic carbocycles. The average molecular weight is 424 g/mol. The topological polar surface area (TPSA) is 60.2 Å². The van der Waals surface area contributed by atoms with Gasteiger partial charge in [0.1, 0.15) is 11.6 Å². The van der Waals surface area contributed by atoms with Gasteiger partial charge in [0.2, 0.25) is 0 Å². The summed E-state index contributed by atoms with van der Waals surface area (Å²) < 4.78 is 5.46. The van der Waals surface area contributed by atoms with Gasteiger partial charge in [-0.1, -0.05) is 79.3 Å². The summed E-state index contributed by atoms with van der Waals surface area (Å²) in [6.07, 6.45) is 6.53. The Hall–Kier alpha value is -1.94. The molecule has 0 unspecified atom stereocenters. The number of pyridine rings is 1. The van der Waals surface area contributed by atoms with Crippen LogP contribution in [0.2, 0.25) is 5.02 Å². The maximum Gasteiger partial charge on any atom is 0.142 e. The van der Waals surface area contributed by atoms with Crippen LogP contribution in [0.1, 0.15) is 73.3 Å². The van der Waals surface area contributed by atoms with Crippen LogP contribution >= 0.6 is 11.6 Å². The Labute approximate surface area is 184 Å². The summed E-state index contributed by atoms with van der Waals surface area (Å²) in [6.45, 7) is 14.5. The zero-order valence-corrected chi connectivity index (χ0v) is 20.7. The maximum absolute atomic E-state index is 6.22. The van der Waals surface area contributed by atoms with Crippen molar-refractivity contribution in [3.63, 3.8) is 0 Å². The zero-order chi connectivity index (χ0) is 22.8. The summed E-state index contributed by atoms with van der Waals surface area (Å²) in [5, 5.41) is 3.75. The lowest BCUT2D eigenvalue weighted by Crippen LogP contribution is -2.00. The van der Waals surface area contributed by atoms with Gasteiger partial charge in [-0.15, -0.1) is 0 Å². The Balaban J connectivity index is 0. The number of hydrogen-bond donors (Lipinski definition) is 2. The van der Waals surface area contributed by atoms with Crippen LogP contribution in [0, 0.1) is 0 Å². The third-order valence-corrected chi connectivity index (χ3v) is 4.23. The molecule has 3 N–H and O–H groups in total. The molecule has 0 saturated carbocycles. The number of nitrogens with two attached hydrogens (primary N) is 1. The second kappa shape index (κ2) is 18.1. The van der Waals surface area contributed by atoms with Crippen LogP contribution in [0.4, 0.5) is 11.5 Å². The first-order valence-corrected chi connectivity index (χ1v) is 11.2. The largest absolute Gasteiger partial charge is 0.495 e. The number of rotatable bonds is 6. The second-order valence-corrected chi connectivity index (χ2v) is 6.17. The van der Waals surface area contributed by atoms with Crippen molar-refractivity contribution in [1.82, 2.24) is 4.98 Å². The fraction of sp³-hybridized carbons (Fsp3) is 0.542. The molecule has 0 aliphatic heterocycles. The quantitative estimate of drug-likeness (QED) is 0.496. The van der Waals surface area contributed by atoms with E-state index in [2.05, 4.69) is 37.1 Å². The van der Waals surface area contributed by atoms with Gasteiger partial charge < -0.3 is 15.8 Å². The van der Waals surface area contributed by atoms with Crippen molar-refractivity contribution in [3.05, 3.63) is 35.0 Å². The van der Waals surface area contributed by atoms with E-state index in [1.54, 1.807) is 19.4 Å². The number of hydrogen-bond acceptors (Lipinski definition) is 4. The molecule has 0 bridgehead atoms. The normalized spacial score (nSPS) is 9.03. The third kappa shape index (κ3) is 9.89. The predicted octanol–water partition coefficient (Wildman–Crippen LogP) is 7.85. The molecule has 0 fully saturated rings. The lowest BCUT2D eigenvalue weighted by Gasteiger charge is -2.16. The smallest absolute Gasteiger partial charge is 0.142 e. The van der Waals surface area contributed by atoms with Crippen LogP contribution in [-0.2, 0) is 6.42 Å². The Kier molecular flexibility index (Phi) is 18.3. The van der Waals surface area contributed by atoms with Gasteiger partial charge in [-0.05, 0) is 35.7 Å². The lowest BCUT2D eigenvalue weighted by molar-refractivity contribution is 0.416. The van der Waals surface area contributed by atoms with E-state index >= 15 is 0 Å². The van der Waals surface area contributed by atoms with Gasteiger partial charge in [0, 0.05) is 18.8 Å². The van der Waals surface area contributed by atoms with Crippen molar-refractivity contribution in [1.29, 1.82) is 0 Å². The Bertz CT molecular complexity index is 648. The molecule has 0 radical (unpaired) electrons. The highest BCUT2D eigenvalue weighted by atomic mass is 35.5. The highest BCUT2D eigenvalue weighted by molar-refractivity contribution is 6.33. The van der Waals surface area contributed by atoms with Gasteiger partial charge >= 0.3 is 0 Å². The first-order valence-electron chi connectivity index (χ1n) is 10.8. The number of nitrogens with zero attached hydrogens (tertiary/aromatic N) is 1. The first-order chi connectivity index (χ1) is 14.0. The standard InChI is InChI=1S/C15H18ClN3O.C5H12.2C2H6/c1-4-9-5-10(6-13(20-3)15(9)18-2)11-7-14(17)19-8-12(11)16;1-3-5-4-2;2*1-2/h5-8,18H,4H2,1-3H3,(H2,17,19);3-5H2,1-2H3;2*1-2H3. The van der Waals surface area contributed by atoms with Crippen LogP contribution in [0.25, 0.3) is 11.1 Å². The number of ether oxygens (including phenoxy) is 1. The Morgan fingerprint density at radius 2 is 1.62 bits per heavy atom. The number of unbranched alkanes of at least 4 members (excludes halogenated alkanes) is 2. The molecule has 5 heteroatoms. The van der Waals surface area contributed by atoms with Gasteiger partial charge in [-0.25, -0.2) is 4.98 Å². The van der Waals surface area contributed by atoms with E-state index in [0.29, 0.717) is 10.8 Å². The monoisotopic (exact) mass is 423 g/mol. The van der Waals surface area contributed by atoms with Gasteiger partial charge in [0.25, 0.3) is 0 Å². The summed E-state index contributed by atoms with van der Waals surface area (Å²) in [5.41, 5.74) is 9.73. The summed E-state index contributed by atoms with van der Waals surface area (Å²) in [6, 6.07) is 5.82. The highest BCUT2D eigenvalue weighted by Gasteiger charge is 2.13. The van der Waals surface area contributed by atoms with Crippen LogP contribution in [0.5, 0.6) is 5.75 Å². The summed E-state index contributed by atoms with van der Waals surface area (Å²) in [4.78, 5) is 3.99. The molecule has 0 spiro atoms. The van der Waals surface area contributed by atoms with Crippen molar-refractivity contribution >= 4 is 23.1 Å². The minimum atomic E-state index is 0.444. The first kappa shape index (κ1) is 29.3. The number of nitrogens with one attached hydrogen (secondary N) is 1. The summed E-state index contributed by atoms with van der Waals surface area (Å²) >= 11 is 6.22. The molecule has 0 aliphatic rings. The molecular formula is C24H42ClN3O. The number of halogens is 1. The number of aromatic nitrogens is 1. The molecule has 29 heavy (non-hydrogen) atoms. The molecule has 0 amide bonds. The number of nitrogen functional groups attached to an aromatic ring is 1. The van der Waals surface area contributed by atoms with E-state index in [1.165, 1.54) is 19.3 Å². The lowest BCUT2D eigenvalue weighted by atomic mass is 10.00. The van der Waals surface area contributed by atoms with Crippen LogP contribution in [0.15, 0.2) is 24.4 Å². The minimum absolute atomic E-state index is 0.444. The van der Waals surface area contributed by atoms with E-state index in [9.17, 15) is 0 Å². The van der Waals surface area contributed by atoms with Crippen molar-refractivity contribution in [2.45, 2.75) is 74.1 Å². The molecule has 1 aromatic heterocycles. The number of aryl methyl sites for hydroxylation is 1. The van der Waals surface area contributed by atoms with Crippen LogP contribution in [0.3, 0.4) is 0 Å². The number of benzene rings is 1. The summed E-state index contributed by atoms with van der Waals surface area (Å²) in [5.74, 6) is 1.23. The molecular weight excluding hydrogens is 382 g/mol. The fourth-order valence-electron chi connectivity index (χ4n) is 2.58. The highest BCUT2D eigenvalue weighted by Crippen LogP contribution is 2.37. The van der Waals surface area contributed by atoms with E-state index in [-0.39, 0.29) is 0 Å². The van der Waals surface area contributed by atoms with E-state index in [0.717, 1.165) is 34.5 Å². The van der Waals surface area contributed by atoms with Gasteiger partial charge in [0.15, 0.2) is 0 Å². The maximum atomic E-state index is 6.22. The molecule has 0 atom stereocenters. The Morgan fingerprint density at radius 1 is 1.03 bits per heavy atom. The SMILES string of the molecule is CC.CC.CCCCC.CCc1cc(-c2cc(N)ncc2Cl)cc(OC)c1NC. The molecule has 166 valence electrons. The van der Waals surface area contributed by atoms with Crippen molar-refractivity contribution in [2.75, 3.05) is 25.2 Å². The average Bonchev–Trinajstić information content (AvgIpc) is 2.78. The summed E-state index contributed by atoms with van der Waals surface area (Å²) in [7, 11) is 3.54. The molecule has 4 nitrogen and oxygen atoms in total. The van der Waals surface area contributed by atoms with Gasteiger partial charge in [-0.2, -0.15) is 0 Å². The molecule has 1 heterocycles. The zero-order valence-electron chi connectivity index (χ0n) is 19.9. The van der Waals surface area contributed by atoms with Crippen LogP contribution in [-0.4, -0.2) is 19.1 Å². The fourth-order valence-corrected chi connectivity index (χ4v) is 2.79. The number of methoxy groups -OCH3 is 1. The Morgan fingerprint density at radius 3 is 2.03 bits per heavy atom. The molecule has 0 saturated heterocycles. The predicted molar refractivity (Wildman–Crippen MR) is 132 cm³/mol. The van der Waals surface area contributed by atoms with Crippen LogP contribution < -0.4 is 15.8 Å².